The van der Waals surface area contributed by atoms with E-state index in [-0.39, 0.29) is 6.10 Å². The molecule has 90 valence electrons. The molecule has 6 heteroatoms. The van der Waals surface area contributed by atoms with Crippen LogP contribution in [0.2, 0.25) is 0 Å². The third-order valence-corrected chi connectivity index (χ3v) is 5.67. The highest BCUT2D eigenvalue weighted by molar-refractivity contribution is 9.09. The molecule has 1 aliphatic rings. The molecule has 1 rings (SSSR count). The number of alkyl halides is 1. The average Bonchev–Trinajstić information content (AvgIpc) is 2.16. The van der Waals surface area contributed by atoms with E-state index in [1.165, 1.54) is 4.31 Å². The van der Waals surface area contributed by atoms with Gasteiger partial charge in [0.1, 0.15) is 0 Å². The van der Waals surface area contributed by atoms with Gasteiger partial charge in [0.25, 0.3) is 0 Å². The number of sulfonamides is 1. The maximum absolute atomic E-state index is 12.1. The number of hydrogen-bond acceptors (Lipinski definition) is 3. The molecule has 1 aliphatic heterocycles. The van der Waals surface area contributed by atoms with Crippen LogP contribution in [0.5, 0.6) is 0 Å². The second-order valence-electron chi connectivity index (χ2n) is 4.62. The molecule has 0 radical (unpaired) electrons. The Labute approximate surface area is 100 Å². The van der Waals surface area contributed by atoms with Gasteiger partial charge in [-0.3, -0.25) is 0 Å². The van der Waals surface area contributed by atoms with E-state index in [2.05, 4.69) is 15.9 Å². The van der Waals surface area contributed by atoms with Gasteiger partial charge in [-0.2, -0.15) is 4.31 Å². The maximum atomic E-state index is 12.1. The average molecular weight is 300 g/mol. The van der Waals surface area contributed by atoms with E-state index in [1.54, 1.807) is 20.8 Å². The van der Waals surface area contributed by atoms with Crippen molar-refractivity contribution in [1.82, 2.24) is 4.31 Å². The molecule has 4 nitrogen and oxygen atoms in total. The highest BCUT2D eigenvalue weighted by atomic mass is 79.9. The lowest BCUT2D eigenvalue weighted by molar-refractivity contribution is 0.0130. The summed E-state index contributed by atoms with van der Waals surface area (Å²) in [6, 6.07) is 0. The first-order chi connectivity index (χ1) is 6.79. The van der Waals surface area contributed by atoms with Gasteiger partial charge in [-0.25, -0.2) is 8.42 Å². The summed E-state index contributed by atoms with van der Waals surface area (Å²) in [5.74, 6) is 0. The van der Waals surface area contributed by atoms with E-state index < -0.39 is 14.8 Å². The second-order valence-corrected chi connectivity index (χ2v) is 7.96. The number of morpholine rings is 1. The Morgan fingerprint density at radius 2 is 2.07 bits per heavy atom. The van der Waals surface area contributed by atoms with Crippen molar-refractivity contribution in [3.05, 3.63) is 0 Å². The minimum Gasteiger partial charge on any atom is -0.375 e. The van der Waals surface area contributed by atoms with Gasteiger partial charge >= 0.3 is 0 Å². The largest absolute Gasteiger partial charge is 0.375 e. The number of ether oxygens (including phenoxy) is 1. The lowest BCUT2D eigenvalue weighted by Gasteiger charge is -2.35. The summed E-state index contributed by atoms with van der Waals surface area (Å²) in [4.78, 5) is 0. The van der Waals surface area contributed by atoms with E-state index in [4.69, 9.17) is 4.74 Å². The van der Waals surface area contributed by atoms with Crippen molar-refractivity contribution in [2.75, 3.05) is 25.0 Å². The normalized spacial score (nSPS) is 25.5. The minimum absolute atomic E-state index is 0.0316. The van der Waals surface area contributed by atoms with Crippen molar-refractivity contribution < 1.29 is 13.2 Å². The fraction of sp³-hybridized carbons (Fsp3) is 1.00. The van der Waals surface area contributed by atoms with Crippen LogP contribution in [-0.4, -0.2) is 48.6 Å². The van der Waals surface area contributed by atoms with Gasteiger partial charge in [-0.15, -0.1) is 0 Å². The Hall–Kier alpha value is 0.350. The standard InChI is InChI=1S/C9H18BrNO3S/c1-9(2,3)15(12,13)11-4-5-14-8(6-10)7-11/h8H,4-7H2,1-3H3. The van der Waals surface area contributed by atoms with Crippen molar-refractivity contribution in [2.45, 2.75) is 31.6 Å². The number of halogens is 1. The van der Waals surface area contributed by atoms with E-state index >= 15 is 0 Å². The Balaban J connectivity index is 2.80. The van der Waals surface area contributed by atoms with E-state index in [9.17, 15) is 8.42 Å². The maximum Gasteiger partial charge on any atom is 0.219 e. The summed E-state index contributed by atoms with van der Waals surface area (Å²) in [6.45, 7) is 6.56. The van der Waals surface area contributed by atoms with E-state index in [0.29, 0.717) is 25.0 Å². The molecule has 1 fully saturated rings. The first-order valence-corrected chi connectivity index (χ1v) is 7.52. The molecule has 0 N–H and O–H groups in total. The Morgan fingerprint density at radius 1 is 1.47 bits per heavy atom. The summed E-state index contributed by atoms with van der Waals surface area (Å²) in [5.41, 5.74) is 0. The van der Waals surface area contributed by atoms with Crippen molar-refractivity contribution in [1.29, 1.82) is 0 Å². The van der Waals surface area contributed by atoms with Crippen LogP contribution >= 0.6 is 15.9 Å². The highest BCUT2D eigenvalue weighted by Gasteiger charge is 2.37. The first kappa shape index (κ1) is 13.4. The summed E-state index contributed by atoms with van der Waals surface area (Å²) < 4.78 is 30.5. The Morgan fingerprint density at radius 3 is 2.53 bits per heavy atom. The van der Waals surface area contributed by atoms with Crippen LogP contribution in [-0.2, 0) is 14.8 Å². The zero-order valence-corrected chi connectivity index (χ0v) is 11.8. The van der Waals surface area contributed by atoms with Crippen molar-refractivity contribution in [2.24, 2.45) is 0 Å². The molecule has 1 atom stereocenters. The van der Waals surface area contributed by atoms with Gasteiger partial charge in [0, 0.05) is 18.4 Å². The second kappa shape index (κ2) is 4.69. The predicted octanol–water partition coefficient (Wildman–Crippen LogP) is 1.21. The van der Waals surface area contributed by atoms with E-state index in [0.717, 1.165) is 0 Å². The van der Waals surface area contributed by atoms with Gasteiger partial charge in [0.2, 0.25) is 10.0 Å². The van der Waals surface area contributed by atoms with Gasteiger partial charge in [-0.05, 0) is 20.8 Å². The lowest BCUT2D eigenvalue weighted by Crippen LogP contribution is -2.51. The monoisotopic (exact) mass is 299 g/mol. The topological polar surface area (TPSA) is 46.6 Å². The quantitative estimate of drug-likeness (QED) is 0.720. The molecule has 0 spiro atoms. The zero-order valence-electron chi connectivity index (χ0n) is 9.36. The number of nitrogens with zero attached hydrogens (tertiary/aromatic N) is 1. The molecule has 15 heavy (non-hydrogen) atoms. The SMILES string of the molecule is CC(C)(C)S(=O)(=O)N1CCOC(CBr)C1. The van der Waals surface area contributed by atoms with Crippen LogP contribution in [0.15, 0.2) is 0 Å². The molecule has 1 unspecified atom stereocenters. The fourth-order valence-electron chi connectivity index (χ4n) is 1.39. The van der Waals surface area contributed by atoms with Crippen molar-refractivity contribution in [3.8, 4) is 0 Å². The highest BCUT2D eigenvalue weighted by Crippen LogP contribution is 2.22. The van der Waals surface area contributed by atoms with Crippen LogP contribution in [0.1, 0.15) is 20.8 Å². The summed E-state index contributed by atoms with van der Waals surface area (Å²) >= 11 is 3.31. The van der Waals surface area contributed by atoms with Gasteiger partial charge in [-0.1, -0.05) is 15.9 Å². The first-order valence-electron chi connectivity index (χ1n) is 4.96. The van der Waals surface area contributed by atoms with Gasteiger partial charge in [0.05, 0.1) is 17.5 Å². The van der Waals surface area contributed by atoms with Crippen LogP contribution in [0.4, 0.5) is 0 Å². The van der Waals surface area contributed by atoms with Crippen LogP contribution in [0.25, 0.3) is 0 Å². The smallest absolute Gasteiger partial charge is 0.219 e. The zero-order chi connectivity index (χ0) is 11.7. The molecule has 0 saturated carbocycles. The minimum atomic E-state index is -3.21. The van der Waals surface area contributed by atoms with Crippen molar-refractivity contribution >= 4 is 26.0 Å². The molecule has 0 aromatic heterocycles. The summed E-state index contributed by atoms with van der Waals surface area (Å²) in [7, 11) is -3.21. The molecule has 0 aromatic rings. The molecule has 0 aliphatic carbocycles. The molecule has 0 bridgehead atoms. The molecular formula is C9H18BrNO3S. The van der Waals surface area contributed by atoms with Crippen LogP contribution < -0.4 is 0 Å². The van der Waals surface area contributed by atoms with Crippen LogP contribution in [0.3, 0.4) is 0 Å². The third kappa shape index (κ3) is 2.93. The molecule has 1 heterocycles. The number of rotatable bonds is 2. The lowest BCUT2D eigenvalue weighted by atomic mass is 10.3. The summed E-state index contributed by atoms with van der Waals surface area (Å²) in [5, 5.41) is 0.670. The number of hydrogen-bond donors (Lipinski definition) is 0. The Kier molecular flexibility index (Phi) is 4.20. The Bertz CT molecular complexity index is 310. The van der Waals surface area contributed by atoms with E-state index in [1.807, 2.05) is 0 Å². The molecular weight excluding hydrogens is 282 g/mol. The van der Waals surface area contributed by atoms with Crippen LogP contribution in [0, 0.1) is 0 Å². The van der Waals surface area contributed by atoms with Gasteiger partial charge in [0.15, 0.2) is 0 Å². The molecule has 1 saturated heterocycles. The fourth-order valence-corrected chi connectivity index (χ4v) is 3.23. The predicted molar refractivity (Wildman–Crippen MR) is 63.8 cm³/mol. The van der Waals surface area contributed by atoms with Crippen molar-refractivity contribution in [3.63, 3.8) is 0 Å². The third-order valence-electron chi connectivity index (χ3n) is 2.39. The molecule has 0 aromatic carbocycles. The van der Waals surface area contributed by atoms with Gasteiger partial charge < -0.3 is 4.74 Å². The molecule has 0 amide bonds. The summed E-state index contributed by atoms with van der Waals surface area (Å²) in [6.07, 6.45) is -0.0316.